The first kappa shape index (κ1) is 24.5. The Morgan fingerprint density at radius 2 is 1.77 bits per heavy atom. The maximum absolute atomic E-state index is 5.36. The Bertz CT molecular complexity index is 960. The number of methoxy groups -OCH3 is 2. The third kappa shape index (κ3) is 7.16. The van der Waals surface area contributed by atoms with Crippen molar-refractivity contribution in [1.82, 2.24) is 20.2 Å². The summed E-state index contributed by atoms with van der Waals surface area (Å²) in [5.74, 6) is 3.22. The van der Waals surface area contributed by atoms with Crippen LogP contribution in [0.2, 0.25) is 0 Å². The Hall–Kier alpha value is -2.75. The molecule has 0 saturated heterocycles. The molecule has 166 valence electrons. The van der Waals surface area contributed by atoms with E-state index in [1.54, 1.807) is 21.3 Å². The van der Waals surface area contributed by atoms with Crippen LogP contribution in [0.5, 0.6) is 11.5 Å². The maximum atomic E-state index is 5.36. The molecule has 0 aliphatic carbocycles. The van der Waals surface area contributed by atoms with E-state index in [9.17, 15) is 0 Å². The summed E-state index contributed by atoms with van der Waals surface area (Å²) in [5, 5.41) is 6.67. The fourth-order valence-corrected chi connectivity index (χ4v) is 3.18. The monoisotopic (exact) mass is 535 g/mol. The second-order valence-corrected chi connectivity index (χ2v) is 6.75. The van der Waals surface area contributed by atoms with Gasteiger partial charge in [-0.1, -0.05) is 36.4 Å². The molecule has 2 aromatic carbocycles. The number of rotatable bonds is 9. The van der Waals surface area contributed by atoms with Gasteiger partial charge in [-0.15, -0.1) is 24.0 Å². The molecule has 1 aromatic heterocycles. The number of hydrogen-bond acceptors (Lipinski definition) is 4. The van der Waals surface area contributed by atoms with E-state index in [-0.39, 0.29) is 24.0 Å². The van der Waals surface area contributed by atoms with E-state index in [0.29, 0.717) is 12.3 Å². The number of halogens is 1. The van der Waals surface area contributed by atoms with Crippen molar-refractivity contribution in [3.63, 3.8) is 0 Å². The minimum atomic E-state index is 0. The molecule has 7 nitrogen and oxygen atoms in total. The molecule has 0 aliphatic rings. The standard InChI is InChI=1S/C23H29N5O2.HI/c1-24-23(27-16-19-9-10-20(29-2)21(15-19)30-3)26-12-11-22-25-13-14-28(22)17-18-7-5-4-6-8-18;/h4-10,13-15H,11-12,16-17H2,1-3H3,(H2,24,26,27);1H. The zero-order chi connectivity index (χ0) is 21.2. The largest absolute Gasteiger partial charge is 0.493 e. The highest BCUT2D eigenvalue weighted by Gasteiger charge is 2.07. The molecule has 0 saturated carbocycles. The molecule has 31 heavy (non-hydrogen) atoms. The van der Waals surface area contributed by atoms with Gasteiger partial charge in [0.25, 0.3) is 0 Å². The first-order valence-electron chi connectivity index (χ1n) is 9.93. The van der Waals surface area contributed by atoms with Gasteiger partial charge in [0.2, 0.25) is 0 Å². The molecule has 8 heteroatoms. The summed E-state index contributed by atoms with van der Waals surface area (Å²) < 4.78 is 12.8. The third-order valence-electron chi connectivity index (χ3n) is 4.77. The lowest BCUT2D eigenvalue weighted by atomic mass is 10.2. The molecule has 1 heterocycles. The van der Waals surface area contributed by atoms with Gasteiger partial charge in [0, 0.05) is 45.5 Å². The minimum Gasteiger partial charge on any atom is -0.493 e. The van der Waals surface area contributed by atoms with Crippen LogP contribution in [0.1, 0.15) is 17.0 Å². The molecule has 0 aliphatic heterocycles. The number of aromatic nitrogens is 2. The predicted octanol–water partition coefficient (Wildman–Crippen LogP) is 3.47. The van der Waals surface area contributed by atoms with E-state index >= 15 is 0 Å². The summed E-state index contributed by atoms with van der Waals surface area (Å²) in [5.41, 5.74) is 2.34. The second-order valence-electron chi connectivity index (χ2n) is 6.75. The Kier molecular flexibility index (Phi) is 10.2. The molecule has 0 spiro atoms. The van der Waals surface area contributed by atoms with E-state index in [0.717, 1.165) is 42.6 Å². The fourth-order valence-electron chi connectivity index (χ4n) is 3.18. The van der Waals surface area contributed by atoms with Crippen molar-refractivity contribution in [2.45, 2.75) is 19.5 Å². The second kappa shape index (κ2) is 12.8. The SMILES string of the molecule is CN=C(NCCc1nccn1Cc1ccccc1)NCc1ccc(OC)c(OC)c1.I. The van der Waals surface area contributed by atoms with Gasteiger partial charge < -0.3 is 24.7 Å². The lowest BCUT2D eigenvalue weighted by Gasteiger charge is -2.14. The van der Waals surface area contributed by atoms with Crippen LogP contribution in [-0.4, -0.2) is 43.3 Å². The molecule has 0 fully saturated rings. The highest BCUT2D eigenvalue weighted by atomic mass is 127. The van der Waals surface area contributed by atoms with E-state index in [1.807, 2.05) is 36.7 Å². The van der Waals surface area contributed by atoms with Crippen LogP contribution >= 0.6 is 24.0 Å². The summed E-state index contributed by atoms with van der Waals surface area (Å²) >= 11 is 0. The Balaban J connectivity index is 0.00000341. The number of imidazole rings is 1. The fraction of sp³-hybridized carbons (Fsp3) is 0.304. The first-order chi connectivity index (χ1) is 14.7. The number of aliphatic imine (C=N–C) groups is 1. The molecule has 0 radical (unpaired) electrons. The molecule has 0 amide bonds. The number of nitrogens with one attached hydrogen (secondary N) is 2. The number of nitrogens with zero attached hydrogens (tertiary/aromatic N) is 3. The predicted molar refractivity (Wildman–Crippen MR) is 135 cm³/mol. The molecule has 3 aromatic rings. The van der Waals surface area contributed by atoms with Gasteiger partial charge in [0.05, 0.1) is 14.2 Å². The van der Waals surface area contributed by atoms with Crippen molar-refractivity contribution in [1.29, 1.82) is 0 Å². The normalized spacial score (nSPS) is 10.9. The molecule has 0 unspecified atom stereocenters. The first-order valence-corrected chi connectivity index (χ1v) is 9.93. The highest BCUT2D eigenvalue weighted by Crippen LogP contribution is 2.27. The Morgan fingerprint density at radius 3 is 2.48 bits per heavy atom. The maximum Gasteiger partial charge on any atom is 0.191 e. The van der Waals surface area contributed by atoms with Crippen LogP contribution in [-0.2, 0) is 19.5 Å². The van der Waals surface area contributed by atoms with Crippen molar-refractivity contribution < 1.29 is 9.47 Å². The van der Waals surface area contributed by atoms with E-state index in [1.165, 1.54) is 5.56 Å². The van der Waals surface area contributed by atoms with E-state index in [2.05, 4.69) is 49.4 Å². The van der Waals surface area contributed by atoms with Gasteiger partial charge in [-0.05, 0) is 23.3 Å². The van der Waals surface area contributed by atoms with Crippen LogP contribution in [0.15, 0.2) is 65.9 Å². The van der Waals surface area contributed by atoms with E-state index in [4.69, 9.17) is 9.47 Å². The third-order valence-corrected chi connectivity index (χ3v) is 4.77. The number of ether oxygens (including phenoxy) is 2. The number of hydrogen-bond donors (Lipinski definition) is 2. The highest BCUT2D eigenvalue weighted by molar-refractivity contribution is 14.0. The van der Waals surface area contributed by atoms with Crippen LogP contribution < -0.4 is 20.1 Å². The van der Waals surface area contributed by atoms with Crippen LogP contribution in [0.3, 0.4) is 0 Å². The summed E-state index contributed by atoms with van der Waals surface area (Å²) in [4.78, 5) is 8.80. The zero-order valence-corrected chi connectivity index (χ0v) is 20.5. The summed E-state index contributed by atoms with van der Waals surface area (Å²) in [6.45, 7) is 2.18. The average Bonchev–Trinajstić information content (AvgIpc) is 3.23. The minimum absolute atomic E-state index is 0. The van der Waals surface area contributed by atoms with Crippen LogP contribution in [0.4, 0.5) is 0 Å². The van der Waals surface area contributed by atoms with Crippen LogP contribution in [0.25, 0.3) is 0 Å². The average molecular weight is 535 g/mol. The lowest BCUT2D eigenvalue weighted by molar-refractivity contribution is 0.354. The number of guanidine groups is 1. The summed E-state index contributed by atoms with van der Waals surface area (Å²) in [7, 11) is 5.03. The molecular formula is C23H30IN5O2. The van der Waals surface area contributed by atoms with Gasteiger partial charge in [-0.3, -0.25) is 4.99 Å². The lowest BCUT2D eigenvalue weighted by Crippen LogP contribution is -2.38. The Morgan fingerprint density at radius 1 is 1.00 bits per heavy atom. The quantitative estimate of drug-likeness (QED) is 0.250. The summed E-state index contributed by atoms with van der Waals surface area (Å²) in [6, 6.07) is 16.3. The topological polar surface area (TPSA) is 72.7 Å². The summed E-state index contributed by atoms with van der Waals surface area (Å²) in [6.07, 6.45) is 4.67. The molecule has 3 rings (SSSR count). The van der Waals surface area contributed by atoms with Crippen molar-refractivity contribution in [2.24, 2.45) is 4.99 Å². The van der Waals surface area contributed by atoms with Gasteiger partial charge in [-0.25, -0.2) is 4.98 Å². The van der Waals surface area contributed by atoms with Gasteiger partial charge in [0.1, 0.15) is 5.82 Å². The van der Waals surface area contributed by atoms with Crippen molar-refractivity contribution in [3.8, 4) is 11.5 Å². The van der Waals surface area contributed by atoms with Crippen molar-refractivity contribution >= 4 is 29.9 Å². The van der Waals surface area contributed by atoms with Gasteiger partial charge in [-0.2, -0.15) is 0 Å². The molecule has 0 bridgehead atoms. The van der Waals surface area contributed by atoms with Gasteiger partial charge >= 0.3 is 0 Å². The van der Waals surface area contributed by atoms with Gasteiger partial charge in [0.15, 0.2) is 17.5 Å². The zero-order valence-electron chi connectivity index (χ0n) is 18.2. The van der Waals surface area contributed by atoms with Crippen LogP contribution in [0, 0.1) is 0 Å². The van der Waals surface area contributed by atoms with Crippen molar-refractivity contribution in [2.75, 3.05) is 27.8 Å². The Labute approximate surface area is 200 Å². The smallest absolute Gasteiger partial charge is 0.191 e. The molecule has 0 atom stereocenters. The molecule has 2 N–H and O–H groups in total. The molecular weight excluding hydrogens is 505 g/mol. The van der Waals surface area contributed by atoms with E-state index < -0.39 is 0 Å². The number of benzene rings is 2. The van der Waals surface area contributed by atoms with Crippen molar-refractivity contribution in [3.05, 3.63) is 77.9 Å².